The predicted octanol–water partition coefficient (Wildman–Crippen LogP) is 2.10. The fraction of sp³-hybridized carbons (Fsp3) is 0.421. The zero-order chi connectivity index (χ0) is 17.6. The molecule has 2 atom stereocenters. The molecule has 2 heterocycles. The fourth-order valence-corrected chi connectivity index (χ4v) is 3.72. The topological polar surface area (TPSA) is 73.2 Å². The van der Waals surface area contributed by atoms with Crippen molar-refractivity contribution in [3.63, 3.8) is 0 Å². The summed E-state index contributed by atoms with van der Waals surface area (Å²) in [6, 6.07) is 7.43. The second kappa shape index (κ2) is 6.02. The van der Waals surface area contributed by atoms with Crippen molar-refractivity contribution in [1.29, 1.82) is 0 Å². The number of amides is 1. The molecule has 0 radical (unpaired) electrons. The number of aryl methyl sites for hydroxylation is 1. The quantitative estimate of drug-likeness (QED) is 0.869. The number of fused-ring (bicyclic) bond motifs is 1. The molecule has 4 rings (SSSR count). The van der Waals surface area contributed by atoms with E-state index in [1.54, 1.807) is 0 Å². The number of rotatable bonds is 3. The van der Waals surface area contributed by atoms with E-state index in [9.17, 15) is 9.59 Å². The molecule has 6 nitrogen and oxygen atoms in total. The van der Waals surface area contributed by atoms with E-state index in [-0.39, 0.29) is 18.0 Å². The molecule has 0 unspecified atom stereocenters. The van der Waals surface area contributed by atoms with Gasteiger partial charge in [-0.25, -0.2) is 9.48 Å². The van der Waals surface area contributed by atoms with Crippen LogP contribution in [0.15, 0.2) is 24.3 Å². The number of hydrogen-bond donors (Lipinski definition) is 1. The van der Waals surface area contributed by atoms with Crippen LogP contribution in [-0.4, -0.2) is 33.8 Å². The number of aromatic nitrogens is 2. The average Bonchev–Trinajstić information content (AvgIpc) is 3.24. The highest BCUT2D eigenvalue weighted by Gasteiger charge is 2.35. The summed E-state index contributed by atoms with van der Waals surface area (Å²) in [4.78, 5) is 24.5. The van der Waals surface area contributed by atoms with Crippen LogP contribution in [-0.2, 0) is 22.4 Å². The number of carbonyl (C=O) groups is 2. The lowest BCUT2D eigenvalue weighted by atomic mass is 10.1. The standard InChI is InChI=1S/C19H21N3O3/c1-11-6-3-4-8-15(11)22-16-9-5-7-13(16)17(21-22)18(23)20-14-10-12(2)25-19(14)24/h3-4,6,8,12,14H,5,7,9-10H2,1-2H3,(H,20,23)/t12-,14+/m0/s1. The number of benzene rings is 1. The third-order valence-corrected chi connectivity index (χ3v) is 4.96. The summed E-state index contributed by atoms with van der Waals surface area (Å²) in [7, 11) is 0. The maximum absolute atomic E-state index is 12.7. The number of carbonyl (C=O) groups excluding carboxylic acids is 2. The number of nitrogens with zero attached hydrogens (tertiary/aromatic N) is 2. The van der Waals surface area contributed by atoms with E-state index >= 15 is 0 Å². The Labute approximate surface area is 146 Å². The molecule has 130 valence electrons. The molecule has 1 fully saturated rings. The van der Waals surface area contributed by atoms with E-state index in [2.05, 4.69) is 10.4 Å². The van der Waals surface area contributed by atoms with Crippen molar-refractivity contribution in [2.45, 2.75) is 51.7 Å². The number of nitrogens with one attached hydrogen (secondary N) is 1. The van der Waals surface area contributed by atoms with Gasteiger partial charge >= 0.3 is 5.97 Å². The Morgan fingerprint density at radius 1 is 1.32 bits per heavy atom. The molecule has 1 aliphatic carbocycles. The normalized spacial score (nSPS) is 21.9. The van der Waals surface area contributed by atoms with E-state index in [4.69, 9.17) is 4.74 Å². The van der Waals surface area contributed by atoms with Crippen molar-refractivity contribution in [1.82, 2.24) is 15.1 Å². The molecule has 1 aliphatic heterocycles. The van der Waals surface area contributed by atoms with Gasteiger partial charge in [-0.1, -0.05) is 18.2 Å². The minimum absolute atomic E-state index is 0.159. The first kappa shape index (κ1) is 15.9. The number of ether oxygens (including phenoxy) is 1. The lowest BCUT2D eigenvalue weighted by Gasteiger charge is -2.09. The SMILES string of the molecule is Cc1ccccc1-n1nc(C(=O)N[C@@H]2C[C@H](C)OC2=O)c2c1CCC2. The number of esters is 1. The van der Waals surface area contributed by atoms with Crippen molar-refractivity contribution in [3.05, 3.63) is 46.8 Å². The molecule has 1 amide bonds. The average molecular weight is 339 g/mol. The Morgan fingerprint density at radius 3 is 2.84 bits per heavy atom. The summed E-state index contributed by atoms with van der Waals surface area (Å²) in [6.07, 6.45) is 3.11. The molecule has 1 aromatic carbocycles. The maximum Gasteiger partial charge on any atom is 0.329 e. The summed E-state index contributed by atoms with van der Waals surface area (Å²) >= 11 is 0. The molecule has 0 spiro atoms. The number of hydrogen-bond acceptors (Lipinski definition) is 4. The van der Waals surface area contributed by atoms with Crippen LogP contribution < -0.4 is 5.32 Å². The van der Waals surface area contributed by atoms with E-state index < -0.39 is 6.04 Å². The van der Waals surface area contributed by atoms with Gasteiger partial charge in [0, 0.05) is 17.7 Å². The zero-order valence-electron chi connectivity index (χ0n) is 14.4. The van der Waals surface area contributed by atoms with Crippen LogP contribution in [0.25, 0.3) is 5.69 Å². The predicted molar refractivity (Wildman–Crippen MR) is 91.8 cm³/mol. The molecule has 1 saturated heterocycles. The summed E-state index contributed by atoms with van der Waals surface area (Å²) < 4.78 is 7.01. The maximum atomic E-state index is 12.7. The summed E-state index contributed by atoms with van der Waals surface area (Å²) in [6.45, 7) is 3.86. The van der Waals surface area contributed by atoms with Gasteiger partial charge in [0.15, 0.2) is 5.69 Å². The lowest BCUT2D eigenvalue weighted by molar-refractivity contribution is -0.142. The van der Waals surface area contributed by atoms with Crippen molar-refractivity contribution in [2.24, 2.45) is 0 Å². The van der Waals surface area contributed by atoms with Crippen LogP contribution in [0.5, 0.6) is 0 Å². The van der Waals surface area contributed by atoms with Gasteiger partial charge in [0.25, 0.3) is 5.91 Å². The van der Waals surface area contributed by atoms with Gasteiger partial charge in [0.1, 0.15) is 12.1 Å². The Morgan fingerprint density at radius 2 is 2.12 bits per heavy atom. The van der Waals surface area contributed by atoms with E-state index in [1.807, 2.05) is 42.8 Å². The Balaban J connectivity index is 1.67. The highest BCUT2D eigenvalue weighted by Crippen LogP contribution is 2.29. The number of para-hydroxylation sites is 1. The minimum atomic E-state index is -0.580. The Kier molecular flexibility index (Phi) is 3.82. The van der Waals surface area contributed by atoms with Crippen LogP contribution >= 0.6 is 0 Å². The molecular weight excluding hydrogens is 318 g/mol. The van der Waals surface area contributed by atoms with Gasteiger partial charge in [-0.05, 0) is 44.7 Å². The van der Waals surface area contributed by atoms with Gasteiger partial charge in [0.2, 0.25) is 0 Å². The Hall–Kier alpha value is -2.63. The zero-order valence-corrected chi connectivity index (χ0v) is 14.4. The third kappa shape index (κ3) is 2.71. The minimum Gasteiger partial charge on any atom is -0.461 e. The molecule has 25 heavy (non-hydrogen) atoms. The summed E-state index contributed by atoms with van der Waals surface area (Å²) in [5.74, 6) is -0.655. The van der Waals surface area contributed by atoms with E-state index in [1.165, 1.54) is 0 Å². The van der Waals surface area contributed by atoms with Gasteiger partial charge in [-0.15, -0.1) is 0 Å². The first-order valence-electron chi connectivity index (χ1n) is 8.72. The molecule has 0 bridgehead atoms. The molecule has 1 N–H and O–H groups in total. The van der Waals surface area contributed by atoms with Gasteiger partial charge in [0.05, 0.1) is 5.69 Å². The first-order valence-corrected chi connectivity index (χ1v) is 8.72. The highest BCUT2D eigenvalue weighted by atomic mass is 16.6. The fourth-order valence-electron chi connectivity index (χ4n) is 3.72. The van der Waals surface area contributed by atoms with Crippen LogP contribution in [0.4, 0.5) is 0 Å². The van der Waals surface area contributed by atoms with Crippen molar-refractivity contribution >= 4 is 11.9 Å². The second-order valence-electron chi connectivity index (χ2n) is 6.83. The molecule has 2 aromatic rings. The van der Waals surface area contributed by atoms with Crippen molar-refractivity contribution in [2.75, 3.05) is 0 Å². The molecular formula is C19H21N3O3. The van der Waals surface area contributed by atoms with Gasteiger partial charge in [-0.2, -0.15) is 5.10 Å². The second-order valence-corrected chi connectivity index (χ2v) is 6.83. The van der Waals surface area contributed by atoms with Crippen LogP contribution in [0.3, 0.4) is 0 Å². The smallest absolute Gasteiger partial charge is 0.329 e. The first-order chi connectivity index (χ1) is 12.0. The summed E-state index contributed by atoms with van der Waals surface area (Å²) in [5, 5.41) is 7.40. The Bertz CT molecular complexity index is 856. The lowest BCUT2D eigenvalue weighted by Crippen LogP contribution is -2.38. The third-order valence-electron chi connectivity index (χ3n) is 4.96. The van der Waals surface area contributed by atoms with E-state index in [0.29, 0.717) is 12.1 Å². The van der Waals surface area contributed by atoms with Crippen LogP contribution in [0.1, 0.15) is 47.1 Å². The largest absolute Gasteiger partial charge is 0.461 e. The molecule has 2 aliphatic rings. The molecule has 1 aromatic heterocycles. The molecule has 6 heteroatoms. The highest BCUT2D eigenvalue weighted by molar-refractivity contribution is 5.97. The van der Waals surface area contributed by atoms with Crippen LogP contribution in [0, 0.1) is 6.92 Å². The van der Waals surface area contributed by atoms with Crippen molar-refractivity contribution < 1.29 is 14.3 Å². The van der Waals surface area contributed by atoms with Crippen molar-refractivity contribution in [3.8, 4) is 5.69 Å². The van der Waals surface area contributed by atoms with E-state index in [0.717, 1.165) is 41.8 Å². The number of cyclic esters (lactones) is 1. The molecule has 0 saturated carbocycles. The summed E-state index contributed by atoms with van der Waals surface area (Å²) in [5.41, 5.74) is 4.64. The van der Waals surface area contributed by atoms with Gasteiger partial charge in [-0.3, -0.25) is 4.79 Å². The van der Waals surface area contributed by atoms with Gasteiger partial charge < -0.3 is 10.1 Å². The monoisotopic (exact) mass is 339 g/mol. The van der Waals surface area contributed by atoms with Crippen LogP contribution in [0.2, 0.25) is 0 Å².